The minimum absolute atomic E-state index is 0.00681. The van der Waals surface area contributed by atoms with E-state index in [4.69, 9.17) is 5.84 Å². The van der Waals surface area contributed by atoms with Gasteiger partial charge < -0.3 is 4.57 Å². The third-order valence-electron chi connectivity index (χ3n) is 4.12. The van der Waals surface area contributed by atoms with Gasteiger partial charge in [-0.3, -0.25) is 5.84 Å². The van der Waals surface area contributed by atoms with Crippen molar-refractivity contribution in [2.75, 3.05) is 0 Å². The lowest BCUT2D eigenvalue weighted by molar-refractivity contribution is 0.328. The third kappa shape index (κ3) is 2.92. The number of hydrazine groups is 1. The standard InChI is InChI=1S/C16H24N4/c1-4-12(2)14(13-8-6-5-7-9-13)15(19-17)16-18-10-11-20(16)3/h5-12,14-15,19H,4,17H2,1-3H3. The van der Waals surface area contributed by atoms with Crippen molar-refractivity contribution < 1.29 is 0 Å². The van der Waals surface area contributed by atoms with Crippen molar-refractivity contribution in [3.63, 3.8) is 0 Å². The maximum absolute atomic E-state index is 5.86. The summed E-state index contributed by atoms with van der Waals surface area (Å²) in [5.74, 6) is 7.64. The normalized spacial score (nSPS) is 15.8. The molecule has 2 rings (SSSR count). The van der Waals surface area contributed by atoms with Gasteiger partial charge in [0.25, 0.3) is 0 Å². The van der Waals surface area contributed by atoms with Crippen LogP contribution < -0.4 is 11.3 Å². The molecule has 108 valence electrons. The number of nitrogens with zero attached hydrogens (tertiary/aromatic N) is 2. The quantitative estimate of drug-likeness (QED) is 0.628. The van der Waals surface area contributed by atoms with E-state index < -0.39 is 0 Å². The zero-order valence-electron chi connectivity index (χ0n) is 12.5. The Morgan fingerprint density at radius 1 is 1.30 bits per heavy atom. The maximum Gasteiger partial charge on any atom is 0.127 e. The van der Waals surface area contributed by atoms with Gasteiger partial charge in [-0.05, 0) is 11.5 Å². The topological polar surface area (TPSA) is 55.9 Å². The Morgan fingerprint density at radius 3 is 2.50 bits per heavy atom. The number of hydrogen-bond acceptors (Lipinski definition) is 3. The van der Waals surface area contributed by atoms with Crippen molar-refractivity contribution in [2.45, 2.75) is 32.2 Å². The predicted octanol–water partition coefficient (Wildman–Crippen LogP) is 2.75. The molecule has 0 amide bonds. The SMILES string of the molecule is CCC(C)C(c1ccccc1)C(NN)c1nccn1C. The Kier molecular flexibility index (Phi) is 4.93. The summed E-state index contributed by atoms with van der Waals surface area (Å²) in [4.78, 5) is 4.47. The molecular formula is C16H24N4. The molecule has 0 bridgehead atoms. The monoisotopic (exact) mass is 272 g/mol. The third-order valence-corrected chi connectivity index (χ3v) is 4.12. The highest BCUT2D eigenvalue weighted by Gasteiger charge is 2.30. The Morgan fingerprint density at radius 2 is 2.00 bits per heavy atom. The zero-order chi connectivity index (χ0) is 14.5. The highest BCUT2D eigenvalue weighted by Crippen LogP contribution is 2.37. The summed E-state index contributed by atoms with van der Waals surface area (Å²) in [7, 11) is 2.01. The van der Waals surface area contributed by atoms with Crippen LogP contribution in [0, 0.1) is 5.92 Å². The molecule has 0 radical (unpaired) electrons. The van der Waals surface area contributed by atoms with Gasteiger partial charge in [0.15, 0.2) is 0 Å². The van der Waals surface area contributed by atoms with E-state index in [2.05, 4.69) is 48.5 Å². The molecule has 0 aliphatic carbocycles. The van der Waals surface area contributed by atoms with Crippen molar-refractivity contribution in [3.05, 3.63) is 54.1 Å². The number of nitrogens with two attached hydrogens (primary N) is 1. The molecule has 3 atom stereocenters. The highest BCUT2D eigenvalue weighted by molar-refractivity contribution is 5.24. The van der Waals surface area contributed by atoms with Crippen LogP contribution >= 0.6 is 0 Å². The van der Waals surface area contributed by atoms with Crippen LogP contribution in [0.1, 0.15) is 43.6 Å². The number of hydrogen-bond donors (Lipinski definition) is 2. The molecule has 20 heavy (non-hydrogen) atoms. The molecule has 1 aromatic carbocycles. The van der Waals surface area contributed by atoms with Gasteiger partial charge >= 0.3 is 0 Å². The fourth-order valence-corrected chi connectivity index (χ4v) is 2.79. The van der Waals surface area contributed by atoms with E-state index in [1.807, 2.05) is 30.1 Å². The van der Waals surface area contributed by atoms with E-state index in [0.29, 0.717) is 11.8 Å². The lowest BCUT2D eigenvalue weighted by atomic mass is 9.80. The fourth-order valence-electron chi connectivity index (χ4n) is 2.79. The predicted molar refractivity (Wildman–Crippen MR) is 81.9 cm³/mol. The van der Waals surface area contributed by atoms with Gasteiger partial charge in [0.2, 0.25) is 0 Å². The van der Waals surface area contributed by atoms with Crippen LogP contribution in [0.2, 0.25) is 0 Å². The first-order valence-corrected chi connectivity index (χ1v) is 7.17. The number of imidazole rings is 1. The molecule has 2 aromatic rings. The first-order chi connectivity index (χ1) is 9.69. The lowest BCUT2D eigenvalue weighted by Gasteiger charge is -2.31. The van der Waals surface area contributed by atoms with Crippen molar-refractivity contribution in [2.24, 2.45) is 18.8 Å². The number of aromatic nitrogens is 2. The highest BCUT2D eigenvalue weighted by atomic mass is 15.3. The second-order valence-corrected chi connectivity index (χ2v) is 5.36. The van der Waals surface area contributed by atoms with Crippen LogP contribution in [-0.2, 0) is 7.05 Å². The van der Waals surface area contributed by atoms with Crippen LogP contribution in [-0.4, -0.2) is 9.55 Å². The number of nitrogens with one attached hydrogen (secondary N) is 1. The lowest BCUT2D eigenvalue weighted by Crippen LogP contribution is -2.36. The van der Waals surface area contributed by atoms with E-state index >= 15 is 0 Å². The van der Waals surface area contributed by atoms with Crippen LogP contribution in [0.15, 0.2) is 42.7 Å². The van der Waals surface area contributed by atoms with Gasteiger partial charge in [0.1, 0.15) is 5.82 Å². The van der Waals surface area contributed by atoms with Crippen LogP contribution in [0.5, 0.6) is 0 Å². The molecule has 0 spiro atoms. The van der Waals surface area contributed by atoms with Crippen molar-refractivity contribution in [3.8, 4) is 0 Å². The van der Waals surface area contributed by atoms with Gasteiger partial charge in [-0.1, -0.05) is 50.6 Å². The molecule has 0 aliphatic rings. The summed E-state index contributed by atoms with van der Waals surface area (Å²) in [6.07, 6.45) is 4.87. The molecule has 0 fully saturated rings. The Hall–Kier alpha value is -1.65. The molecule has 3 unspecified atom stereocenters. The van der Waals surface area contributed by atoms with Crippen LogP contribution in [0.25, 0.3) is 0 Å². The summed E-state index contributed by atoms with van der Waals surface area (Å²) in [6.45, 7) is 4.48. The van der Waals surface area contributed by atoms with E-state index in [0.717, 1.165) is 12.2 Å². The molecule has 1 aromatic heterocycles. The first kappa shape index (κ1) is 14.8. The second-order valence-electron chi connectivity index (χ2n) is 5.36. The molecule has 4 heteroatoms. The summed E-state index contributed by atoms with van der Waals surface area (Å²) < 4.78 is 2.03. The Bertz CT molecular complexity index is 520. The van der Waals surface area contributed by atoms with E-state index in [1.54, 1.807) is 0 Å². The summed E-state index contributed by atoms with van der Waals surface area (Å²) in [5, 5.41) is 0. The minimum Gasteiger partial charge on any atom is -0.337 e. The number of benzene rings is 1. The van der Waals surface area contributed by atoms with E-state index in [1.165, 1.54) is 5.56 Å². The van der Waals surface area contributed by atoms with Gasteiger partial charge in [-0.2, -0.15) is 0 Å². The minimum atomic E-state index is 0.00681. The molecule has 0 saturated carbocycles. The number of rotatable bonds is 6. The second kappa shape index (κ2) is 6.68. The summed E-state index contributed by atoms with van der Waals surface area (Å²) in [6, 6.07) is 10.6. The van der Waals surface area contributed by atoms with Crippen LogP contribution in [0.3, 0.4) is 0 Å². The average molecular weight is 272 g/mol. The summed E-state index contributed by atoms with van der Waals surface area (Å²) >= 11 is 0. The summed E-state index contributed by atoms with van der Waals surface area (Å²) in [5.41, 5.74) is 4.27. The van der Waals surface area contributed by atoms with Gasteiger partial charge in [-0.15, -0.1) is 0 Å². The molecule has 3 N–H and O–H groups in total. The van der Waals surface area contributed by atoms with Crippen LogP contribution in [0.4, 0.5) is 0 Å². The van der Waals surface area contributed by atoms with E-state index in [9.17, 15) is 0 Å². The zero-order valence-corrected chi connectivity index (χ0v) is 12.5. The van der Waals surface area contributed by atoms with Gasteiger partial charge in [-0.25, -0.2) is 10.4 Å². The average Bonchev–Trinajstić information content (AvgIpc) is 2.90. The maximum atomic E-state index is 5.86. The number of aryl methyl sites for hydroxylation is 1. The van der Waals surface area contributed by atoms with E-state index in [-0.39, 0.29) is 6.04 Å². The molecule has 0 aliphatic heterocycles. The largest absolute Gasteiger partial charge is 0.337 e. The molecular weight excluding hydrogens is 248 g/mol. The van der Waals surface area contributed by atoms with Gasteiger partial charge in [0, 0.05) is 25.4 Å². The Balaban J connectivity index is 2.42. The van der Waals surface area contributed by atoms with Crippen molar-refractivity contribution in [1.29, 1.82) is 0 Å². The first-order valence-electron chi connectivity index (χ1n) is 7.17. The smallest absolute Gasteiger partial charge is 0.127 e. The van der Waals surface area contributed by atoms with Crippen molar-refractivity contribution in [1.82, 2.24) is 15.0 Å². The van der Waals surface area contributed by atoms with Crippen molar-refractivity contribution >= 4 is 0 Å². The molecule has 4 nitrogen and oxygen atoms in total. The fraction of sp³-hybridized carbons (Fsp3) is 0.438. The Labute approximate surface area is 121 Å². The molecule has 0 saturated heterocycles. The molecule has 1 heterocycles. The van der Waals surface area contributed by atoms with Gasteiger partial charge in [0.05, 0.1) is 6.04 Å².